The van der Waals surface area contributed by atoms with E-state index in [1.807, 2.05) is 23.7 Å². The summed E-state index contributed by atoms with van der Waals surface area (Å²) in [5.41, 5.74) is 6.09. The molecule has 1 atom stereocenters. The minimum Gasteiger partial charge on any atom is -0.374 e. The van der Waals surface area contributed by atoms with Crippen LogP contribution in [-0.2, 0) is 17.2 Å². The number of anilines is 3. The second kappa shape index (κ2) is 9.59. The maximum absolute atomic E-state index is 13.4. The topological polar surface area (TPSA) is 68.1 Å². The molecule has 39 heavy (non-hydrogen) atoms. The van der Waals surface area contributed by atoms with Crippen LogP contribution in [0.1, 0.15) is 62.6 Å². The first-order valence-electron chi connectivity index (χ1n) is 13.8. The van der Waals surface area contributed by atoms with Gasteiger partial charge in [0.25, 0.3) is 0 Å². The van der Waals surface area contributed by atoms with E-state index in [1.54, 1.807) is 18.5 Å². The summed E-state index contributed by atoms with van der Waals surface area (Å²) in [7, 11) is 1.97. The maximum atomic E-state index is 13.4. The number of ether oxygens (including phenoxy) is 1. The molecule has 2 saturated heterocycles. The molecule has 0 bridgehead atoms. The summed E-state index contributed by atoms with van der Waals surface area (Å²) in [6, 6.07) is 13.4. The number of aryl methyl sites for hydroxylation is 2. The molecular weight excluding hydrogens is 491 g/mol. The first-order chi connectivity index (χ1) is 18.6. The quantitative estimate of drug-likeness (QED) is 0.331. The lowest BCUT2D eigenvalue weighted by atomic mass is 9.83. The summed E-state index contributed by atoms with van der Waals surface area (Å²) in [5.74, 6) is 1.56. The number of rotatable bonds is 4. The first kappa shape index (κ1) is 25.7. The van der Waals surface area contributed by atoms with Gasteiger partial charge in [0.15, 0.2) is 11.5 Å². The number of nitrogens with zero attached hydrogens (tertiary/aromatic N) is 5. The standard InChI is InChI=1S/C31H37FN6O/c1-20-6-9-23(30(2,3)4)16-25(20)34-28-26-27(33-19-37(26)5)35-29(36-28)38-14-12-31(13-15-38)17-22(18-39-31)21-7-10-24(32)11-8-21/h6-11,16,19,22H,12-15,17-18H2,1-5H3,(H,34,35,36). The van der Waals surface area contributed by atoms with Crippen LogP contribution in [0, 0.1) is 12.7 Å². The van der Waals surface area contributed by atoms with Crippen molar-refractivity contribution in [3.8, 4) is 0 Å². The van der Waals surface area contributed by atoms with Gasteiger partial charge in [0.05, 0.1) is 18.5 Å². The number of piperidine rings is 1. The Morgan fingerprint density at radius 1 is 1.05 bits per heavy atom. The van der Waals surface area contributed by atoms with Gasteiger partial charge in [-0.1, -0.05) is 45.0 Å². The van der Waals surface area contributed by atoms with Gasteiger partial charge < -0.3 is 19.5 Å². The zero-order chi connectivity index (χ0) is 27.4. The van der Waals surface area contributed by atoms with E-state index >= 15 is 0 Å². The number of hydrogen-bond donors (Lipinski definition) is 1. The zero-order valence-electron chi connectivity index (χ0n) is 23.5. The van der Waals surface area contributed by atoms with E-state index < -0.39 is 0 Å². The molecule has 1 unspecified atom stereocenters. The Balaban J connectivity index is 1.23. The van der Waals surface area contributed by atoms with E-state index in [1.165, 1.54) is 5.56 Å². The van der Waals surface area contributed by atoms with E-state index in [9.17, 15) is 4.39 Å². The fraction of sp³-hybridized carbons (Fsp3) is 0.452. The molecule has 2 aromatic heterocycles. The van der Waals surface area contributed by atoms with E-state index in [0.717, 1.165) is 60.5 Å². The molecule has 0 aliphatic carbocycles. The Labute approximate surface area is 229 Å². The molecule has 1 spiro atoms. The molecule has 7 nitrogen and oxygen atoms in total. The summed E-state index contributed by atoms with van der Waals surface area (Å²) in [4.78, 5) is 16.7. The van der Waals surface area contributed by atoms with E-state index in [2.05, 4.69) is 61.1 Å². The third-order valence-corrected chi connectivity index (χ3v) is 8.42. The lowest BCUT2D eigenvalue weighted by Gasteiger charge is -2.38. The molecule has 2 aromatic carbocycles. The molecule has 1 N–H and O–H groups in total. The monoisotopic (exact) mass is 528 g/mol. The summed E-state index contributed by atoms with van der Waals surface area (Å²) in [5, 5.41) is 3.62. The Morgan fingerprint density at radius 2 is 1.79 bits per heavy atom. The van der Waals surface area contributed by atoms with Crippen molar-refractivity contribution in [2.45, 2.75) is 63.9 Å². The summed E-state index contributed by atoms with van der Waals surface area (Å²) < 4.78 is 21.8. The molecule has 0 radical (unpaired) electrons. The highest BCUT2D eigenvalue weighted by atomic mass is 19.1. The largest absolute Gasteiger partial charge is 0.374 e. The molecule has 2 aliphatic rings. The van der Waals surface area contributed by atoms with Crippen LogP contribution in [-0.4, -0.2) is 44.8 Å². The van der Waals surface area contributed by atoms with Crippen molar-refractivity contribution in [1.82, 2.24) is 19.5 Å². The fourth-order valence-corrected chi connectivity index (χ4v) is 5.88. The Hall–Kier alpha value is -3.52. The SMILES string of the molecule is Cc1ccc(C(C)(C)C)cc1Nc1nc(N2CCC3(CC2)CC(c2ccc(F)cc2)CO3)nc2ncn(C)c12. The number of aromatic nitrogens is 4. The van der Waals surface area contributed by atoms with Gasteiger partial charge in [0.1, 0.15) is 11.3 Å². The predicted molar refractivity (Wildman–Crippen MR) is 153 cm³/mol. The van der Waals surface area contributed by atoms with Gasteiger partial charge in [0, 0.05) is 31.7 Å². The maximum Gasteiger partial charge on any atom is 0.229 e. The van der Waals surface area contributed by atoms with E-state index in [-0.39, 0.29) is 16.8 Å². The van der Waals surface area contributed by atoms with Crippen LogP contribution in [0.25, 0.3) is 11.2 Å². The predicted octanol–water partition coefficient (Wildman–Crippen LogP) is 6.40. The molecule has 6 rings (SSSR count). The van der Waals surface area contributed by atoms with Gasteiger partial charge in [0.2, 0.25) is 5.95 Å². The number of benzene rings is 2. The molecule has 2 aliphatic heterocycles. The second-order valence-corrected chi connectivity index (χ2v) is 12.2. The lowest BCUT2D eigenvalue weighted by Crippen LogP contribution is -2.44. The van der Waals surface area contributed by atoms with E-state index in [0.29, 0.717) is 24.1 Å². The molecule has 0 amide bonds. The average Bonchev–Trinajstić information content (AvgIpc) is 3.49. The normalized spacial score (nSPS) is 19.2. The lowest BCUT2D eigenvalue weighted by molar-refractivity contribution is -0.0150. The molecule has 2 fully saturated rings. The Morgan fingerprint density at radius 3 is 2.51 bits per heavy atom. The third-order valence-electron chi connectivity index (χ3n) is 8.42. The second-order valence-electron chi connectivity index (χ2n) is 12.2. The first-order valence-corrected chi connectivity index (χ1v) is 13.8. The summed E-state index contributed by atoms with van der Waals surface area (Å²) in [6.07, 6.45) is 4.57. The Bertz CT molecular complexity index is 1500. The van der Waals surface area contributed by atoms with Crippen molar-refractivity contribution in [2.75, 3.05) is 29.9 Å². The fourth-order valence-electron chi connectivity index (χ4n) is 5.88. The number of nitrogens with one attached hydrogen (secondary N) is 1. The van der Waals surface area contributed by atoms with Crippen molar-refractivity contribution < 1.29 is 9.13 Å². The van der Waals surface area contributed by atoms with Gasteiger partial charge in [-0.3, -0.25) is 0 Å². The third kappa shape index (κ3) is 4.98. The van der Waals surface area contributed by atoms with Crippen LogP contribution in [0.5, 0.6) is 0 Å². The van der Waals surface area contributed by atoms with Crippen molar-refractivity contribution in [2.24, 2.45) is 7.05 Å². The summed E-state index contributed by atoms with van der Waals surface area (Å²) in [6.45, 7) is 11.1. The van der Waals surface area contributed by atoms with Crippen molar-refractivity contribution in [3.05, 3.63) is 71.3 Å². The zero-order valence-corrected chi connectivity index (χ0v) is 23.5. The van der Waals surface area contributed by atoms with Gasteiger partial charge in [-0.25, -0.2) is 9.37 Å². The molecule has 0 saturated carbocycles. The van der Waals surface area contributed by atoms with Gasteiger partial charge in [-0.05, 0) is 66.5 Å². The number of imidazole rings is 1. The molecule has 4 heterocycles. The van der Waals surface area contributed by atoms with E-state index in [4.69, 9.17) is 14.7 Å². The van der Waals surface area contributed by atoms with Crippen molar-refractivity contribution >= 4 is 28.6 Å². The van der Waals surface area contributed by atoms with Crippen molar-refractivity contribution in [1.29, 1.82) is 0 Å². The molecule has 204 valence electrons. The van der Waals surface area contributed by atoms with Crippen LogP contribution >= 0.6 is 0 Å². The van der Waals surface area contributed by atoms with Gasteiger partial charge in [-0.15, -0.1) is 0 Å². The highest BCUT2D eigenvalue weighted by Gasteiger charge is 2.43. The number of hydrogen-bond acceptors (Lipinski definition) is 6. The van der Waals surface area contributed by atoms with Crippen LogP contribution < -0.4 is 10.2 Å². The average molecular weight is 529 g/mol. The minimum absolute atomic E-state index is 0.0462. The Kier molecular flexibility index (Phi) is 6.33. The van der Waals surface area contributed by atoms with Crippen molar-refractivity contribution in [3.63, 3.8) is 0 Å². The minimum atomic E-state index is -0.198. The molecule has 8 heteroatoms. The molecule has 4 aromatic rings. The molecular formula is C31H37FN6O. The van der Waals surface area contributed by atoms with Gasteiger partial charge >= 0.3 is 0 Å². The summed E-state index contributed by atoms with van der Waals surface area (Å²) >= 11 is 0. The van der Waals surface area contributed by atoms with Gasteiger partial charge in [-0.2, -0.15) is 9.97 Å². The smallest absolute Gasteiger partial charge is 0.229 e. The van der Waals surface area contributed by atoms with Crippen LogP contribution in [0.3, 0.4) is 0 Å². The number of halogens is 1. The van der Waals surface area contributed by atoms with Crippen LogP contribution in [0.4, 0.5) is 21.8 Å². The highest BCUT2D eigenvalue weighted by Crippen LogP contribution is 2.43. The van der Waals surface area contributed by atoms with Crippen LogP contribution in [0.15, 0.2) is 48.8 Å². The highest BCUT2D eigenvalue weighted by molar-refractivity contribution is 5.87. The van der Waals surface area contributed by atoms with Crippen LogP contribution in [0.2, 0.25) is 0 Å². The number of fused-ring (bicyclic) bond motifs is 1.